The third kappa shape index (κ3) is 2.90. The second kappa shape index (κ2) is 5.24. The number of ether oxygens (including phenoxy) is 1. The van der Waals surface area contributed by atoms with E-state index in [1.165, 1.54) is 12.1 Å². The summed E-state index contributed by atoms with van der Waals surface area (Å²) in [5.41, 5.74) is -1.20. The number of nitrogens with zero attached hydrogens (tertiary/aromatic N) is 1. The number of rotatable bonds is 4. The molecule has 0 radical (unpaired) electrons. The van der Waals surface area contributed by atoms with Gasteiger partial charge >= 0.3 is 12.1 Å². The maximum Gasteiger partial charge on any atom is 0.419 e. The number of benzene rings is 1. The SMILES string of the molecule is O=C(O)c1cnoc1COc1ccccc1C(F)(F)F. The molecule has 0 aliphatic carbocycles. The summed E-state index contributed by atoms with van der Waals surface area (Å²) in [6.45, 7) is -0.464. The van der Waals surface area contributed by atoms with Gasteiger partial charge in [0.1, 0.15) is 17.9 Å². The van der Waals surface area contributed by atoms with Crippen LogP contribution in [0.25, 0.3) is 0 Å². The zero-order chi connectivity index (χ0) is 14.8. The van der Waals surface area contributed by atoms with Crippen LogP contribution < -0.4 is 4.74 Å². The molecule has 0 unspecified atom stereocenters. The van der Waals surface area contributed by atoms with Gasteiger partial charge in [0.2, 0.25) is 0 Å². The molecule has 0 saturated carbocycles. The van der Waals surface area contributed by atoms with Crippen LogP contribution in [0, 0.1) is 0 Å². The number of carboxylic acid groups (broad SMARTS) is 1. The summed E-state index contributed by atoms with van der Waals surface area (Å²) < 4.78 is 47.8. The van der Waals surface area contributed by atoms with Crippen molar-refractivity contribution in [2.45, 2.75) is 12.8 Å². The van der Waals surface area contributed by atoms with Crippen LogP contribution in [0.1, 0.15) is 21.7 Å². The molecule has 1 aromatic carbocycles. The summed E-state index contributed by atoms with van der Waals surface area (Å²) in [6.07, 6.45) is -3.61. The second-order valence-corrected chi connectivity index (χ2v) is 3.75. The molecule has 1 N–H and O–H groups in total. The standard InChI is InChI=1S/C12H8F3NO4/c13-12(14,15)8-3-1-2-4-9(8)19-6-10-7(11(17)18)5-16-20-10/h1-5H,6H2,(H,17,18). The van der Waals surface area contributed by atoms with Crippen molar-refractivity contribution in [1.82, 2.24) is 5.16 Å². The van der Waals surface area contributed by atoms with Gasteiger partial charge in [0.15, 0.2) is 5.76 Å². The van der Waals surface area contributed by atoms with E-state index in [0.717, 1.165) is 18.3 Å². The van der Waals surface area contributed by atoms with Gasteiger partial charge in [0.05, 0.1) is 11.8 Å². The fraction of sp³-hybridized carbons (Fsp3) is 0.167. The van der Waals surface area contributed by atoms with E-state index in [2.05, 4.69) is 9.68 Å². The molecule has 0 fully saturated rings. The molecule has 0 aliphatic heterocycles. The third-order valence-electron chi connectivity index (χ3n) is 2.43. The van der Waals surface area contributed by atoms with Gasteiger partial charge in [-0.3, -0.25) is 0 Å². The largest absolute Gasteiger partial charge is 0.485 e. The fourth-order valence-corrected chi connectivity index (χ4v) is 1.51. The van der Waals surface area contributed by atoms with Gasteiger partial charge in [0.25, 0.3) is 0 Å². The molecule has 20 heavy (non-hydrogen) atoms. The molecular formula is C12H8F3NO4. The normalized spacial score (nSPS) is 11.3. The van der Waals surface area contributed by atoms with Crippen molar-refractivity contribution < 1.29 is 32.3 Å². The van der Waals surface area contributed by atoms with E-state index in [9.17, 15) is 18.0 Å². The Morgan fingerprint density at radius 1 is 1.35 bits per heavy atom. The maximum absolute atomic E-state index is 12.7. The minimum atomic E-state index is -4.56. The number of halogens is 3. The Balaban J connectivity index is 2.20. The molecule has 0 spiro atoms. The van der Waals surface area contributed by atoms with Crippen LogP contribution in [0.2, 0.25) is 0 Å². The number of para-hydroxylation sites is 1. The Hall–Kier alpha value is -2.51. The molecule has 1 heterocycles. The monoisotopic (exact) mass is 287 g/mol. The highest BCUT2D eigenvalue weighted by atomic mass is 19.4. The Kier molecular flexibility index (Phi) is 3.64. The Morgan fingerprint density at radius 3 is 2.70 bits per heavy atom. The topological polar surface area (TPSA) is 72.6 Å². The summed E-state index contributed by atoms with van der Waals surface area (Å²) in [5, 5.41) is 12.1. The number of aromatic nitrogens is 1. The number of carbonyl (C=O) groups is 1. The first kappa shape index (κ1) is 13.9. The van der Waals surface area contributed by atoms with Gasteiger partial charge in [-0.1, -0.05) is 17.3 Å². The lowest BCUT2D eigenvalue weighted by molar-refractivity contribution is -0.139. The molecule has 106 valence electrons. The number of hydrogen-bond donors (Lipinski definition) is 1. The molecule has 8 heteroatoms. The molecule has 0 amide bonds. The fourth-order valence-electron chi connectivity index (χ4n) is 1.51. The first-order valence-corrected chi connectivity index (χ1v) is 5.35. The Labute approximate surface area is 110 Å². The van der Waals surface area contributed by atoms with Crippen molar-refractivity contribution in [2.24, 2.45) is 0 Å². The Morgan fingerprint density at radius 2 is 2.05 bits per heavy atom. The highest BCUT2D eigenvalue weighted by Gasteiger charge is 2.34. The van der Waals surface area contributed by atoms with Gasteiger partial charge in [-0.05, 0) is 12.1 Å². The number of alkyl halides is 3. The van der Waals surface area contributed by atoms with Crippen molar-refractivity contribution in [1.29, 1.82) is 0 Å². The molecule has 0 bridgehead atoms. The summed E-state index contributed by atoms with van der Waals surface area (Å²) in [5.74, 6) is -1.86. The second-order valence-electron chi connectivity index (χ2n) is 3.75. The summed E-state index contributed by atoms with van der Waals surface area (Å²) in [6, 6.07) is 4.61. The van der Waals surface area contributed by atoms with Gasteiger partial charge in [-0.15, -0.1) is 0 Å². The zero-order valence-corrected chi connectivity index (χ0v) is 9.85. The van der Waals surface area contributed by atoms with Gasteiger partial charge in [0, 0.05) is 0 Å². The zero-order valence-electron chi connectivity index (χ0n) is 9.85. The first-order valence-electron chi connectivity index (χ1n) is 5.35. The van der Waals surface area contributed by atoms with E-state index >= 15 is 0 Å². The lowest BCUT2D eigenvalue weighted by Crippen LogP contribution is -2.09. The number of hydrogen-bond acceptors (Lipinski definition) is 4. The van der Waals surface area contributed by atoms with Crippen molar-refractivity contribution in [3.63, 3.8) is 0 Å². The lowest BCUT2D eigenvalue weighted by atomic mass is 10.2. The lowest BCUT2D eigenvalue weighted by Gasteiger charge is -2.12. The highest BCUT2D eigenvalue weighted by molar-refractivity contribution is 5.88. The van der Waals surface area contributed by atoms with E-state index in [-0.39, 0.29) is 11.3 Å². The predicted octanol–water partition coefficient (Wildman–Crippen LogP) is 2.97. The van der Waals surface area contributed by atoms with Crippen LogP contribution in [-0.4, -0.2) is 16.2 Å². The van der Waals surface area contributed by atoms with Crippen LogP contribution in [-0.2, 0) is 12.8 Å². The average molecular weight is 287 g/mol. The van der Waals surface area contributed by atoms with E-state index in [1.54, 1.807) is 0 Å². The van der Waals surface area contributed by atoms with Crippen LogP contribution in [0.4, 0.5) is 13.2 Å². The minimum Gasteiger partial charge on any atom is -0.485 e. The van der Waals surface area contributed by atoms with E-state index in [4.69, 9.17) is 9.84 Å². The summed E-state index contributed by atoms with van der Waals surface area (Å²) in [7, 11) is 0. The van der Waals surface area contributed by atoms with Crippen LogP contribution in [0.5, 0.6) is 5.75 Å². The van der Waals surface area contributed by atoms with Crippen LogP contribution in [0.3, 0.4) is 0 Å². The highest BCUT2D eigenvalue weighted by Crippen LogP contribution is 2.36. The Bertz CT molecular complexity index is 621. The van der Waals surface area contributed by atoms with Crippen molar-refractivity contribution >= 4 is 5.97 Å². The van der Waals surface area contributed by atoms with Crippen LogP contribution in [0.15, 0.2) is 35.0 Å². The summed E-state index contributed by atoms with van der Waals surface area (Å²) >= 11 is 0. The third-order valence-corrected chi connectivity index (χ3v) is 2.43. The molecule has 1 aromatic heterocycles. The van der Waals surface area contributed by atoms with Crippen LogP contribution >= 0.6 is 0 Å². The van der Waals surface area contributed by atoms with Gasteiger partial charge in [-0.2, -0.15) is 13.2 Å². The van der Waals surface area contributed by atoms with E-state index < -0.39 is 30.1 Å². The minimum absolute atomic E-state index is 0.158. The molecule has 0 aliphatic rings. The van der Waals surface area contributed by atoms with E-state index in [1.807, 2.05) is 0 Å². The molecule has 2 rings (SSSR count). The predicted molar refractivity (Wildman–Crippen MR) is 59.2 cm³/mol. The van der Waals surface area contributed by atoms with Crippen molar-refractivity contribution in [3.05, 3.63) is 47.3 Å². The number of aromatic carboxylic acids is 1. The van der Waals surface area contributed by atoms with Crippen molar-refractivity contribution in [2.75, 3.05) is 0 Å². The van der Waals surface area contributed by atoms with E-state index in [0.29, 0.717) is 0 Å². The molecule has 0 saturated heterocycles. The molecule has 2 aromatic rings. The average Bonchev–Trinajstić information content (AvgIpc) is 2.84. The quantitative estimate of drug-likeness (QED) is 0.935. The molecular weight excluding hydrogens is 279 g/mol. The van der Waals surface area contributed by atoms with Gasteiger partial charge < -0.3 is 14.4 Å². The van der Waals surface area contributed by atoms with Gasteiger partial charge in [-0.25, -0.2) is 4.79 Å². The molecule has 5 nitrogen and oxygen atoms in total. The van der Waals surface area contributed by atoms with Crippen molar-refractivity contribution in [3.8, 4) is 5.75 Å². The first-order chi connectivity index (χ1) is 9.39. The number of carboxylic acids is 1. The summed E-state index contributed by atoms with van der Waals surface area (Å²) in [4.78, 5) is 10.8. The smallest absolute Gasteiger partial charge is 0.419 e. The maximum atomic E-state index is 12.7. The molecule has 0 atom stereocenters.